The topological polar surface area (TPSA) is 67.1 Å². The number of aliphatic imine (C=N–C) groups is 1. The number of aryl methyl sites for hydroxylation is 1. The van der Waals surface area contributed by atoms with Crippen LogP contribution in [0.3, 0.4) is 0 Å². The predicted molar refractivity (Wildman–Crippen MR) is 96.1 cm³/mol. The van der Waals surface area contributed by atoms with E-state index < -0.39 is 11.9 Å². The molecule has 0 fully saturated rings. The summed E-state index contributed by atoms with van der Waals surface area (Å²) in [5.41, 5.74) is 0.161. The van der Waals surface area contributed by atoms with Crippen LogP contribution < -0.4 is 10.6 Å². The van der Waals surface area contributed by atoms with Crippen molar-refractivity contribution in [1.29, 1.82) is 0 Å². The zero-order valence-electron chi connectivity index (χ0n) is 15.2. The lowest BCUT2D eigenvalue weighted by Crippen LogP contribution is -2.36. The highest BCUT2D eigenvalue weighted by Gasteiger charge is 2.36. The van der Waals surface area contributed by atoms with Gasteiger partial charge < -0.3 is 10.6 Å². The molecule has 26 heavy (non-hydrogen) atoms. The molecule has 6 nitrogen and oxygen atoms in total. The molecular weight excluding hydrogens is 365 g/mol. The van der Waals surface area contributed by atoms with Crippen molar-refractivity contribution in [2.75, 3.05) is 6.54 Å². The average molecular weight is 388 g/mol. The molecule has 2 aromatic heterocycles. The summed E-state index contributed by atoms with van der Waals surface area (Å²) in [6.45, 7) is 6.98. The largest absolute Gasteiger partial charge is 0.435 e. The molecule has 0 atom stereocenters. The van der Waals surface area contributed by atoms with Gasteiger partial charge >= 0.3 is 6.18 Å². The van der Waals surface area contributed by atoms with Crippen LogP contribution in [0.1, 0.15) is 48.6 Å². The van der Waals surface area contributed by atoms with E-state index in [1.165, 1.54) is 13.2 Å². The van der Waals surface area contributed by atoms with E-state index in [1.807, 2.05) is 12.3 Å². The van der Waals surface area contributed by atoms with Crippen molar-refractivity contribution in [3.63, 3.8) is 0 Å². The molecule has 0 aliphatic heterocycles. The first-order valence-electron chi connectivity index (χ1n) is 8.26. The lowest BCUT2D eigenvalue weighted by atomic mass is 10.2. The van der Waals surface area contributed by atoms with Crippen molar-refractivity contribution in [1.82, 2.24) is 25.4 Å². The minimum atomic E-state index is -4.49. The molecule has 2 aromatic rings. The van der Waals surface area contributed by atoms with E-state index in [0.29, 0.717) is 25.0 Å². The minimum absolute atomic E-state index is 0.0357. The van der Waals surface area contributed by atoms with Gasteiger partial charge in [0.05, 0.1) is 18.8 Å². The summed E-state index contributed by atoms with van der Waals surface area (Å²) in [5, 5.41) is 12.5. The highest BCUT2D eigenvalue weighted by molar-refractivity contribution is 7.09. The fourth-order valence-electron chi connectivity index (χ4n) is 2.23. The van der Waals surface area contributed by atoms with E-state index in [0.717, 1.165) is 15.4 Å². The molecule has 0 unspecified atom stereocenters. The molecule has 2 heterocycles. The number of hydrogen-bond acceptors (Lipinski definition) is 4. The molecule has 2 N–H and O–H groups in total. The normalized spacial score (nSPS) is 12.7. The second kappa shape index (κ2) is 8.52. The Morgan fingerprint density at radius 2 is 2.08 bits per heavy atom. The zero-order valence-corrected chi connectivity index (χ0v) is 16.0. The molecule has 2 rings (SSSR count). The standard InChI is InChI=1S/C16H23F3N6S/c1-5-20-15(22-7-13-23-12(9-26-13)10(2)3)21-6-11-8-25(4)24-14(11)16(17,18)19/h8-10H,5-7H2,1-4H3,(H2,20,21,22). The first kappa shape index (κ1) is 20.2. The predicted octanol–water partition coefficient (Wildman–Crippen LogP) is 3.27. The maximum atomic E-state index is 13.0. The number of nitrogens with zero attached hydrogens (tertiary/aromatic N) is 4. The van der Waals surface area contributed by atoms with Gasteiger partial charge in [-0.25, -0.2) is 9.98 Å². The van der Waals surface area contributed by atoms with Crippen LogP contribution >= 0.6 is 11.3 Å². The first-order valence-corrected chi connectivity index (χ1v) is 9.14. The molecule has 0 saturated carbocycles. The summed E-state index contributed by atoms with van der Waals surface area (Å²) in [5.74, 6) is 0.791. The number of aromatic nitrogens is 3. The van der Waals surface area contributed by atoms with Gasteiger partial charge in [-0.2, -0.15) is 18.3 Å². The van der Waals surface area contributed by atoms with Gasteiger partial charge in [0, 0.05) is 30.7 Å². The minimum Gasteiger partial charge on any atom is -0.357 e. The van der Waals surface area contributed by atoms with Crippen molar-refractivity contribution < 1.29 is 13.2 Å². The van der Waals surface area contributed by atoms with Crippen LogP contribution in [0.15, 0.2) is 16.6 Å². The highest BCUT2D eigenvalue weighted by Crippen LogP contribution is 2.30. The number of nitrogens with one attached hydrogen (secondary N) is 2. The molecule has 0 aliphatic carbocycles. The molecule has 0 aliphatic rings. The Hall–Kier alpha value is -2.10. The zero-order chi connectivity index (χ0) is 19.3. The molecule has 0 bridgehead atoms. The van der Waals surface area contributed by atoms with E-state index >= 15 is 0 Å². The quantitative estimate of drug-likeness (QED) is 0.589. The molecule has 0 saturated heterocycles. The van der Waals surface area contributed by atoms with Crippen molar-refractivity contribution >= 4 is 17.3 Å². The molecule has 0 aromatic carbocycles. The number of rotatable bonds is 6. The van der Waals surface area contributed by atoms with Gasteiger partial charge in [0.2, 0.25) is 0 Å². The maximum Gasteiger partial charge on any atom is 0.435 e. The van der Waals surface area contributed by atoms with Crippen LogP contribution in [0, 0.1) is 0 Å². The van der Waals surface area contributed by atoms with Crippen LogP contribution in [0.5, 0.6) is 0 Å². The van der Waals surface area contributed by atoms with Gasteiger partial charge in [-0.05, 0) is 12.8 Å². The summed E-state index contributed by atoms with van der Waals surface area (Å²) in [7, 11) is 1.46. The number of halogens is 3. The lowest BCUT2D eigenvalue weighted by Gasteiger charge is -2.10. The van der Waals surface area contributed by atoms with Crippen LogP contribution in [-0.2, 0) is 26.3 Å². The highest BCUT2D eigenvalue weighted by atomic mass is 32.1. The van der Waals surface area contributed by atoms with Crippen molar-refractivity contribution in [3.8, 4) is 0 Å². The third-order valence-corrected chi connectivity index (χ3v) is 4.36. The first-order chi connectivity index (χ1) is 12.2. The van der Waals surface area contributed by atoms with E-state index in [1.54, 1.807) is 11.3 Å². The third kappa shape index (κ3) is 5.45. The van der Waals surface area contributed by atoms with Gasteiger partial charge in [-0.1, -0.05) is 13.8 Å². The maximum absolute atomic E-state index is 13.0. The molecule has 0 spiro atoms. The monoisotopic (exact) mass is 388 g/mol. The average Bonchev–Trinajstić information content (AvgIpc) is 3.16. The summed E-state index contributed by atoms with van der Waals surface area (Å²) in [6, 6.07) is 0. The Morgan fingerprint density at radius 3 is 2.65 bits per heavy atom. The third-order valence-electron chi connectivity index (χ3n) is 3.49. The van der Waals surface area contributed by atoms with Gasteiger partial charge in [-0.3, -0.25) is 4.68 Å². The Labute approximate surface area is 154 Å². The van der Waals surface area contributed by atoms with E-state index in [4.69, 9.17) is 0 Å². The SMILES string of the molecule is CCNC(=NCc1cn(C)nc1C(F)(F)F)NCc1nc(C(C)C)cs1. The molecular formula is C16H23F3N6S. The van der Waals surface area contributed by atoms with Gasteiger partial charge in [0.25, 0.3) is 0 Å². The summed E-state index contributed by atoms with van der Waals surface area (Å²) in [6.07, 6.45) is -3.16. The number of alkyl halides is 3. The van der Waals surface area contributed by atoms with Crippen molar-refractivity contribution in [2.45, 2.75) is 46.0 Å². The van der Waals surface area contributed by atoms with Crippen molar-refractivity contribution in [3.05, 3.63) is 33.5 Å². The fraction of sp³-hybridized carbons (Fsp3) is 0.562. The Morgan fingerprint density at radius 1 is 1.35 bits per heavy atom. The molecule has 0 radical (unpaired) electrons. The molecule has 144 valence electrons. The fourth-order valence-corrected chi connectivity index (χ4v) is 3.12. The molecule has 10 heteroatoms. The summed E-state index contributed by atoms with van der Waals surface area (Å²) >= 11 is 1.54. The lowest BCUT2D eigenvalue weighted by molar-refractivity contribution is -0.142. The Kier molecular flexibility index (Phi) is 6.63. The van der Waals surface area contributed by atoms with Gasteiger partial charge in [-0.15, -0.1) is 11.3 Å². The van der Waals surface area contributed by atoms with Crippen molar-refractivity contribution in [2.24, 2.45) is 12.0 Å². The van der Waals surface area contributed by atoms with Gasteiger partial charge in [0.15, 0.2) is 11.7 Å². The second-order valence-corrected chi connectivity index (χ2v) is 6.99. The van der Waals surface area contributed by atoms with Crippen LogP contribution in [0.25, 0.3) is 0 Å². The van der Waals surface area contributed by atoms with Gasteiger partial charge in [0.1, 0.15) is 5.01 Å². The number of hydrogen-bond donors (Lipinski definition) is 2. The van der Waals surface area contributed by atoms with Crippen LogP contribution in [0.4, 0.5) is 13.2 Å². The molecule has 0 amide bonds. The van der Waals surface area contributed by atoms with E-state index in [2.05, 4.69) is 39.6 Å². The van der Waals surface area contributed by atoms with Crippen LogP contribution in [0.2, 0.25) is 0 Å². The van der Waals surface area contributed by atoms with Crippen LogP contribution in [-0.4, -0.2) is 27.3 Å². The Bertz CT molecular complexity index is 747. The Balaban J connectivity index is 2.07. The van der Waals surface area contributed by atoms with E-state index in [9.17, 15) is 13.2 Å². The number of thiazole rings is 1. The second-order valence-electron chi connectivity index (χ2n) is 6.04. The summed E-state index contributed by atoms with van der Waals surface area (Å²) < 4.78 is 40.2. The summed E-state index contributed by atoms with van der Waals surface area (Å²) in [4.78, 5) is 8.77. The number of guanidine groups is 1. The smallest absolute Gasteiger partial charge is 0.357 e. The van der Waals surface area contributed by atoms with E-state index in [-0.39, 0.29) is 12.1 Å².